The van der Waals surface area contributed by atoms with E-state index in [1.54, 1.807) is 60.7 Å². The first kappa shape index (κ1) is 19.9. The summed E-state index contributed by atoms with van der Waals surface area (Å²) >= 11 is 0. The molecule has 2 aromatic carbocycles. The van der Waals surface area contributed by atoms with Crippen molar-refractivity contribution in [2.24, 2.45) is 0 Å². The molecule has 5 nitrogen and oxygen atoms in total. The molecule has 2 rings (SSSR count). The summed E-state index contributed by atoms with van der Waals surface area (Å²) < 4.78 is 27.0. The largest absolute Gasteiger partial charge is 0.352 e. The van der Waals surface area contributed by atoms with Crippen molar-refractivity contribution in [3.8, 4) is 0 Å². The van der Waals surface area contributed by atoms with Gasteiger partial charge in [0.25, 0.3) is 5.91 Å². The Morgan fingerprint density at radius 1 is 1.12 bits per heavy atom. The molecule has 0 aliphatic heterocycles. The van der Waals surface area contributed by atoms with Crippen LogP contribution in [0.4, 0.5) is 0 Å². The highest BCUT2D eigenvalue weighted by atomic mass is 32.2. The number of rotatable bonds is 9. The maximum Gasteiger partial charge on any atom is 0.251 e. The van der Waals surface area contributed by atoms with Gasteiger partial charge in [0.1, 0.15) is 0 Å². The number of sulfonamides is 1. The number of amides is 1. The van der Waals surface area contributed by atoms with Crippen LogP contribution in [0.25, 0.3) is 0 Å². The van der Waals surface area contributed by atoms with Gasteiger partial charge >= 0.3 is 0 Å². The second-order valence-corrected chi connectivity index (χ2v) is 7.79. The molecule has 26 heavy (non-hydrogen) atoms. The normalized spacial score (nSPS) is 11.3. The van der Waals surface area contributed by atoms with Gasteiger partial charge in [-0.3, -0.25) is 4.79 Å². The van der Waals surface area contributed by atoms with Gasteiger partial charge in [0, 0.05) is 25.2 Å². The monoisotopic (exact) mass is 372 g/mol. The zero-order valence-corrected chi connectivity index (χ0v) is 15.7. The van der Waals surface area contributed by atoms with E-state index in [1.807, 2.05) is 6.92 Å². The quantitative estimate of drug-likeness (QED) is 0.688. The Balaban J connectivity index is 2.17. The van der Waals surface area contributed by atoms with Crippen molar-refractivity contribution in [1.29, 1.82) is 0 Å². The molecule has 0 aliphatic carbocycles. The Morgan fingerprint density at radius 2 is 1.77 bits per heavy atom. The van der Waals surface area contributed by atoms with Crippen molar-refractivity contribution >= 4 is 15.9 Å². The van der Waals surface area contributed by atoms with Crippen molar-refractivity contribution in [3.05, 3.63) is 78.4 Å². The molecule has 1 amide bonds. The minimum atomic E-state index is -3.62. The second kappa shape index (κ2) is 9.31. The molecule has 6 heteroatoms. The van der Waals surface area contributed by atoms with Crippen LogP contribution >= 0.6 is 0 Å². The highest BCUT2D eigenvalue weighted by Crippen LogP contribution is 2.18. The molecule has 0 aliphatic rings. The van der Waals surface area contributed by atoms with E-state index >= 15 is 0 Å². The molecular formula is C20H24N2O3S. The lowest BCUT2D eigenvalue weighted by molar-refractivity contribution is 0.0953. The minimum absolute atomic E-state index is 0.127. The fourth-order valence-corrected chi connectivity index (χ4v) is 3.86. The Bertz CT molecular complexity index is 831. The number of carbonyl (C=O) groups excluding carboxylic acids is 1. The molecule has 0 radical (unpaired) electrons. The molecule has 0 spiro atoms. The lowest BCUT2D eigenvalue weighted by atomic mass is 10.1. The van der Waals surface area contributed by atoms with Gasteiger partial charge in [0.15, 0.2) is 0 Å². The molecular weight excluding hydrogens is 348 g/mol. The third kappa shape index (κ3) is 5.03. The summed E-state index contributed by atoms with van der Waals surface area (Å²) in [6.07, 6.45) is 2.44. The van der Waals surface area contributed by atoms with E-state index in [-0.39, 0.29) is 23.9 Å². The van der Waals surface area contributed by atoms with E-state index in [4.69, 9.17) is 0 Å². The standard InChI is InChI=1S/C20H24N2O3S/c1-3-14-21-20(23)18-12-10-17(11-13-18)16-22(15-4-2)26(24,25)19-8-6-5-7-9-19/h4-13H,2-3,14-16H2,1H3,(H,21,23). The Labute approximate surface area is 155 Å². The van der Waals surface area contributed by atoms with Gasteiger partial charge in [-0.1, -0.05) is 43.3 Å². The van der Waals surface area contributed by atoms with Crippen LogP contribution in [0.2, 0.25) is 0 Å². The lowest BCUT2D eigenvalue weighted by Gasteiger charge is -2.21. The molecule has 0 saturated carbocycles. The van der Waals surface area contributed by atoms with E-state index in [2.05, 4.69) is 11.9 Å². The van der Waals surface area contributed by atoms with Crippen LogP contribution in [0.5, 0.6) is 0 Å². The molecule has 138 valence electrons. The van der Waals surface area contributed by atoms with Gasteiger partial charge in [0.05, 0.1) is 4.90 Å². The summed E-state index contributed by atoms with van der Waals surface area (Å²) in [4.78, 5) is 12.2. The number of nitrogens with zero attached hydrogens (tertiary/aromatic N) is 1. The first-order chi connectivity index (χ1) is 12.5. The van der Waals surface area contributed by atoms with E-state index < -0.39 is 10.0 Å². The molecule has 0 unspecified atom stereocenters. The molecule has 0 bridgehead atoms. The van der Waals surface area contributed by atoms with Gasteiger partial charge in [0.2, 0.25) is 10.0 Å². The molecule has 0 atom stereocenters. The van der Waals surface area contributed by atoms with Crippen molar-refractivity contribution < 1.29 is 13.2 Å². The lowest BCUT2D eigenvalue weighted by Crippen LogP contribution is -2.31. The molecule has 1 N–H and O–H groups in total. The average molecular weight is 372 g/mol. The zero-order chi connectivity index (χ0) is 19.0. The van der Waals surface area contributed by atoms with E-state index in [9.17, 15) is 13.2 Å². The van der Waals surface area contributed by atoms with Gasteiger partial charge in [-0.25, -0.2) is 8.42 Å². The maximum atomic E-state index is 12.8. The highest BCUT2D eigenvalue weighted by Gasteiger charge is 2.23. The van der Waals surface area contributed by atoms with Crippen LogP contribution < -0.4 is 5.32 Å². The molecule has 2 aromatic rings. The van der Waals surface area contributed by atoms with Gasteiger partial charge < -0.3 is 5.32 Å². The minimum Gasteiger partial charge on any atom is -0.352 e. The molecule has 0 aromatic heterocycles. The van der Waals surface area contributed by atoms with E-state index in [1.165, 1.54) is 4.31 Å². The summed E-state index contributed by atoms with van der Waals surface area (Å²) in [6, 6.07) is 15.3. The van der Waals surface area contributed by atoms with Crippen LogP contribution in [0.3, 0.4) is 0 Å². The maximum absolute atomic E-state index is 12.8. The van der Waals surface area contributed by atoms with Gasteiger partial charge in [-0.05, 0) is 36.2 Å². The number of hydrogen-bond donors (Lipinski definition) is 1. The summed E-state index contributed by atoms with van der Waals surface area (Å²) in [6.45, 7) is 6.69. The Kier molecular flexibility index (Phi) is 7.12. The first-order valence-corrected chi connectivity index (χ1v) is 9.96. The molecule has 0 saturated heterocycles. The predicted octanol–water partition coefficient (Wildman–Crippen LogP) is 3.20. The van der Waals surface area contributed by atoms with Gasteiger partial charge in [-0.2, -0.15) is 4.31 Å². The highest BCUT2D eigenvalue weighted by molar-refractivity contribution is 7.89. The smallest absolute Gasteiger partial charge is 0.251 e. The van der Waals surface area contributed by atoms with E-state index in [0.717, 1.165) is 12.0 Å². The van der Waals surface area contributed by atoms with Crippen molar-refractivity contribution in [2.75, 3.05) is 13.1 Å². The van der Waals surface area contributed by atoms with Crippen LogP contribution in [0, 0.1) is 0 Å². The van der Waals surface area contributed by atoms with E-state index in [0.29, 0.717) is 12.1 Å². The molecule has 0 fully saturated rings. The van der Waals surface area contributed by atoms with Crippen molar-refractivity contribution in [1.82, 2.24) is 9.62 Å². The SMILES string of the molecule is C=CCN(Cc1ccc(C(=O)NCCC)cc1)S(=O)(=O)c1ccccc1. The summed E-state index contributed by atoms with van der Waals surface area (Å²) in [7, 11) is -3.62. The third-order valence-electron chi connectivity index (χ3n) is 3.82. The topological polar surface area (TPSA) is 66.5 Å². The number of carbonyl (C=O) groups is 1. The van der Waals surface area contributed by atoms with Gasteiger partial charge in [-0.15, -0.1) is 6.58 Å². The van der Waals surface area contributed by atoms with Crippen LogP contribution in [0.1, 0.15) is 29.3 Å². The first-order valence-electron chi connectivity index (χ1n) is 8.52. The summed E-state index contributed by atoms with van der Waals surface area (Å²) in [5.41, 5.74) is 1.36. The fourth-order valence-electron chi connectivity index (χ4n) is 2.44. The third-order valence-corrected chi connectivity index (χ3v) is 5.65. The zero-order valence-electron chi connectivity index (χ0n) is 14.9. The second-order valence-electron chi connectivity index (χ2n) is 5.85. The molecule has 0 heterocycles. The average Bonchev–Trinajstić information content (AvgIpc) is 2.67. The number of hydrogen-bond acceptors (Lipinski definition) is 3. The summed E-state index contributed by atoms with van der Waals surface area (Å²) in [5.74, 6) is -0.127. The summed E-state index contributed by atoms with van der Waals surface area (Å²) in [5, 5.41) is 2.82. The number of nitrogens with one attached hydrogen (secondary N) is 1. The van der Waals surface area contributed by atoms with Crippen molar-refractivity contribution in [3.63, 3.8) is 0 Å². The Hall–Kier alpha value is -2.44. The predicted molar refractivity (Wildman–Crippen MR) is 103 cm³/mol. The van der Waals surface area contributed by atoms with Crippen molar-refractivity contribution in [2.45, 2.75) is 24.8 Å². The fraction of sp³-hybridized carbons (Fsp3) is 0.250. The van der Waals surface area contributed by atoms with Crippen LogP contribution in [0.15, 0.2) is 72.1 Å². The Morgan fingerprint density at radius 3 is 2.35 bits per heavy atom. The van der Waals surface area contributed by atoms with Crippen LogP contribution in [-0.4, -0.2) is 31.7 Å². The van der Waals surface area contributed by atoms with Crippen LogP contribution in [-0.2, 0) is 16.6 Å². The number of benzene rings is 2.